The Morgan fingerprint density at radius 2 is 1.51 bits per heavy atom. The highest BCUT2D eigenvalue weighted by Gasteiger charge is 2.71. The topological polar surface area (TPSA) is 69.9 Å². The van der Waals surface area contributed by atoms with Crippen LogP contribution < -0.4 is 0 Å². The van der Waals surface area contributed by atoms with Crippen molar-refractivity contribution in [2.45, 2.75) is 74.3 Å². The summed E-state index contributed by atoms with van der Waals surface area (Å²) in [6.07, 6.45) is -10.5. The van der Waals surface area contributed by atoms with Gasteiger partial charge in [0, 0.05) is 18.4 Å². The molecule has 0 radical (unpaired) electrons. The van der Waals surface area contributed by atoms with E-state index in [1.165, 1.54) is 0 Å². The fourth-order valence-corrected chi connectivity index (χ4v) is 4.67. The lowest BCUT2D eigenvalue weighted by atomic mass is 9.88. The van der Waals surface area contributed by atoms with Gasteiger partial charge < -0.3 is 20.1 Å². The first-order valence-electron chi connectivity index (χ1n) is 11.4. The van der Waals surface area contributed by atoms with Crippen molar-refractivity contribution >= 4 is 0 Å². The summed E-state index contributed by atoms with van der Waals surface area (Å²) in [7, 11) is 0. The Balaban J connectivity index is 1.62. The SMILES string of the molecule is OC[C@@H]1CC(O)C[C@H](c2ccc(C3CC3)c(Cc3ccc(C(O)(C(F)(F)F)C(F)(F)F)cc3)c2)O1. The van der Waals surface area contributed by atoms with E-state index in [2.05, 4.69) is 0 Å². The standard InChI is InChI=1S/C25H26F6O4/c26-24(27,28)23(34,25(29,30)31)18-6-1-14(2-7-18)9-17-10-16(5-8-21(17)15-3-4-15)22-12-19(33)11-20(13-32)35-22/h1-2,5-8,10,15,19-20,22,32-34H,3-4,9,11-13H2/t19?,20-,22+/m0/s1. The molecular formula is C25H26F6O4. The maximum absolute atomic E-state index is 13.2. The summed E-state index contributed by atoms with van der Waals surface area (Å²) in [5.41, 5.74) is -3.07. The zero-order valence-corrected chi connectivity index (χ0v) is 18.6. The third-order valence-electron chi connectivity index (χ3n) is 6.72. The molecule has 3 N–H and O–H groups in total. The van der Waals surface area contributed by atoms with Gasteiger partial charge >= 0.3 is 12.4 Å². The lowest BCUT2D eigenvalue weighted by molar-refractivity contribution is -0.376. The van der Waals surface area contributed by atoms with Crippen LogP contribution in [-0.2, 0) is 16.8 Å². The summed E-state index contributed by atoms with van der Waals surface area (Å²) in [5.74, 6) is 0.335. The van der Waals surface area contributed by atoms with Crippen molar-refractivity contribution in [1.29, 1.82) is 0 Å². The fourth-order valence-electron chi connectivity index (χ4n) is 4.67. The molecule has 0 aromatic heterocycles. The third-order valence-corrected chi connectivity index (χ3v) is 6.72. The Bertz CT molecular complexity index is 1020. The summed E-state index contributed by atoms with van der Waals surface area (Å²) in [6, 6.07) is 9.35. The zero-order chi connectivity index (χ0) is 25.6. The Kier molecular flexibility index (Phi) is 6.95. The average Bonchev–Trinajstić information content (AvgIpc) is 3.62. The summed E-state index contributed by atoms with van der Waals surface area (Å²) in [4.78, 5) is 0. The van der Waals surface area contributed by atoms with Crippen LogP contribution in [0.15, 0.2) is 42.5 Å². The largest absolute Gasteiger partial charge is 0.430 e. The molecule has 0 bridgehead atoms. The number of alkyl halides is 6. The second-order valence-corrected chi connectivity index (χ2v) is 9.37. The van der Waals surface area contributed by atoms with E-state index >= 15 is 0 Å². The highest BCUT2D eigenvalue weighted by Crippen LogP contribution is 2.50. The van der Waals surface area contributed by atoms with Crippen LogP contribution in [0.2, 0.25) is 0 Å². The molecule has 1 saturated heterocycles. The second kappa shape index (κ2) is 9.38. The third kappa shape index (κ3) is 5.21. The maximum atomic E-state index is 13.2. The minimum absolute atomic E-state index is 0.227. The number of aliphatic hydroxyl groups excluding tert-OH is 2. The van der Waals surface area contributed by atoms with Gasteiger partial charge in [0.15, 0.2) is 0 Å². The summed E-state index contributed by atoms with van der Waals surface area (Å²) < 4.78 is 84.9. The number of hydrogen-bond donors (Lipinski definition) is 3. The van der Waals surface area contributed by atoms with E-state index in [9.17, 15) is 41.7 Å². The van der Waals surface area contributed by atoms with E-state index in [0.29, 0.717) is 36.5 Å². The quantitative estimate of drug-likeness (QED) is 0.483. The van der Waals surface area contributed by atoms with Gasteiger partial charge in [-0.1, -0.05) is 42.5 Å². The first kappa shape index (κ1) is 25.9. The minimum Gasteiger partial charge on any atom is -0.394 e. The van der Waals surface area contributed by atoms with Crippen molar-refractivity contribution in [2.75, 3.05) is 6.61 Å². The molecule has 35 heavy (non-hydrogen) atoms. The summed E-state index contributed by atoms with van der Waals surface area (Å²) in [6.45, 7) is -0.227. The predicted octanol–water partition coefficient (Wildman–Crippen LogP) is 5.04. The molecule has 4 rings (SSSR count). The van der Waals surface area contributed by atoms with Crippen LogP contribution in [0.25, 0.3) is 0 Å². The van der Waals surface area contributed by atoms with Gasteiger partial charge in [0.25, 0.3) is 5.60 Å². The Morgan fingerprint density at radius 3 is 2.06 bits per heavy atom. The molecule has 1 aliphatic carbocycles. The van der Waals surface area contributed by atoms with Gasteiger partial charge in [0.1, 0.15) is 0 Å². The Hall–Kier alpha value is -2.14. The molecule has 2 fully saturated rings. The molecule has 2 aliphatic rings. The molecule has 192 valence electrons. The molecule has 1 aliphatic heterocycles. The van der Waals surface area contributed by atoms with Crippen LogP contribution in [-0.4, -0.2) is 46.5 Å². The normalized spacial score (nSPS) is 24.0. The average molecular weight is 504 g/mol. The summed E-state index contributed by atoms with van der Waals surface area (Å²) in [5, 5.41) is 29.2. The lowest BCUT2D eigenvalue weighted by Crippen LogP contribution is -2.53. The minimum atomic E-state index is -5.93. The lowest BCUT2D eigenvalue weighted by Gasteiger charge is -2.33. The van der Waals surface area contributed by atoms with Gasteiger partial charge in [-0.15, -0.1) is 0 Å². The number of halogens is 6. The first-order chi connectivity index (χ1) is 16.3. The van der Waals surface area contributed by atoms with Gasteiger partial charge in [0.05, 0.1) is 24.9 Å². The van der Waals surface area contributed by atoms with E-state index in [-0.39, 0.29) is 13.0 Å². The van der Waals surface area contributed by atoms with Crippen molar-refractivity contribution in [3.8, 4) is 0 Å². The van der Waals surface area contributed by atoms with Crippen LogP contribution in [0, 0.1) is 0 Å². The Labute approximate surface area is 198 Å². The van der Waals surface area contributed by atoms with E-state index < -0.39 is 41.8 Å². The molecule has 0 spiro atoms. The Morgan fingerprint density at radius 1 is 0.886 bits per heavy atom. The van der Waals surface area contributed by atoms with Crippen LogP contribution in [0.4, 0.5) is 26.3 Å². The molecule has 3 atom stereocenters. The van der Waals surface area contributed by atoms with Gasteiger partial charge in [-0.25, -0.2) is 0 Å². The molecule has 4 nitrogen and oxygen atoms in total. The molecule has 2 aromatic rings. The molecule has 10 heteroatoms. The van der Waals surface area contributed by atoms with Crippen molar-refractivity contribution in [2.24, 2.45) is 0 Å². The first-order valence-corrected chi connectivity index (χ1v) is 11.4. The molecule has 0 amide bonds. The van der Waals surface area contributed by atoms with Crippen molar-refractivity contribution in [3.05, 3.63) is 70.3 Å². The second-order valence-electron chi connectivity index (χ2n) is 9.37. The van der Waals surface area contributed by atoms with Crippen LogP contribution >= 0.6 is 0 Å². The van der Waals surface area contributed by atoms with Crippen LogP contribution in [0.5, 0.6) is 0 Å². The number of ether oxygens (including phenoxy) is 1. The predicted molar refractivity (Wildman–Crippen MR) is 114 cm³/mol. The highest BCUT2D eigenvalue weighted by atomic mass is 19.4. The van der Waals surface area contributed by atoms with Gasteiger partial charge in [0.2, 0.25) is 0 Å². The molecule has 1 saturated carbocycles. The number of benzene rings is 2. The maximum Gasteiger partial charge on any atom is 0.430 e. The molecule has 1 unspecified atom stereocenters. The number of hydrogen-bond acceptors (Lipinski definition) is 4. The number of rotatable bonds is 6. The summed E-state index contributed by atoms with van der Waals surface area (Å²) >= 11 is 0. The smallest absolute Gasteiger partial charge is 0.394 e. The monoisotopic (exact) mass is 504 g/mol. The van der Waals surface area contributed by atoms with Gasteiger partial charge in [-0.05, 0) is 47.4 Å². The highest BCUT2D eigenvalue weighted by molar-refractivity contribution is 5.42. The van der Waals surface area contributed by atoms with Gasteiger partial charge in [-0.3, -0.25) is 0 Å². The van der Waals surface area contributed by atoms with Crippen molar-refractivity contribution in [3.63, 3.8) is 0 Å². The fraction of sp³-hybridized carbons (Fsp3) is 0.520. The number of aliphatic hydroxyl groups is 3. The van der Waals surface area contributed by atoms with E-state index in [0.717, 1.165) is 41.7 Å². The van der Waals surface area contributed by atoms with Gasteiger partial charge in [-0.2, -0.15) is 26.3 Å². The molecular weight excluding hydrogens is 478 g/mol. The molecule has 1 heterocycles. The molecule has 2 aromatic carbocycles. The van der Waals surface area contributed by atoms with E-state index in [1.54, 1.807) is 0 Å². The van der Waals surface area contributed by atoms with E-state index in [1.807, 2.05) is 18.2 Å². The van der Waals surface area contributed by atoms with Crippen molar-refractivity contribution < 1.29 is 46.4 Å². The van der Waals surface area contributed by atoms with E-state index in [4.69, 9.17) is 4.74 Å². The van der Waals surface area contributed by atoms with Crippen LogP contribution in [0.3, 0.4) is 0 Å². The van der Waals surface area contributed by atoms with Crippen molar-refractivity contribution in [1.82, 2.24) is 0 Å². The zero-order valence-electron chi connectivity index (χ0n) is 18.6. The van der Waals surface area contributed by atoms with Crippen LogP contribution in [0.1, 0.15) is 65.5 Å².